The van der Waals surface area contributed by atoms with Gasteiger partial charge in [-0.05, 0) is 12.1 Å². The SMILES string of the molecule is CN1C(=O)c2nc3nc4ccccc4n3c(N)c2C1=O. The van der Waals surface area contributed by atoms with Gasteiger partial charge in [0.05, 0.1) is 11.0 Å². The molecule has 3 heterocycles. The van der Waals surface area contributed by atoms with Crippen molar-refractivity contribution >= 4 is 34.4 Å². The summed E-state index contributed by atoms with van der Waals surface area (Å²) >= 11 is 0. The number of nitrogen functional groups attached to an aromatic ring is 1. The predicted octanol–water partition coefficient (Wildman–Crippen LogP) is 0.691. The molecule has 1 aliphatic rings. The van der Waals surface area contributed by atoms with E-state index in [-0.39, 0.29) is 17.1 Å². The van der Waals surface area contributed by atoms with Gasteiger partial charge in [0.1, 0.15) is 17.1 Å². The van der Waals surface area contributed by atoms with Crippen molar-refractivity contribution < 1.29 is 9.59 Å². The van der Waals surface area contributed by atoms with Gasteiger partial charge in [-0.15, -0.1) is 0 Å². The van der Waals surface area contributed by atoms with E-state index in [4.69, 9.17) is 5.73 Å². The molecular formula is C13H9N5O2. The number of hydrogen-bond donors (Lipinski definition) is 1. The van der Waals surface area contributed by atoms with Gasteiger partial charge in [-0.1, -0.05) is 12.1 Å². The summed E-state index contributed by atoms with van der Waals surface area (Å²) in [4.78, 5) is 33.6. The quantitative estimate of drug-likeness (QED) is 0.605. The molecule has 0 spiro atoms. The van der Waals surface area contributed by atoms with Crippen molar-refractivity contribution in [2.75, 3.05) is 12.8 Å². The summed E-state index contributed by atoms with van der Waals surface area (Å²) in [6.07, 6.45) is 0. The Labute approximate surface area is 112 Å². The van der Waals surface area contributed by atoms with Gasteiger partial charge >= 0.3 is 0 Å². The molecule has 2 N–H and O–H groups in total. The highest BCUT2D eigenvalue weighted by Gasteiger charge is 2.38. The monoisotopic (exact) mass is 267 g/mol. The highest BCUT2D eigenvalue weighted by molar-refractivity contribution is 6.22. The molecule has 2 amide bonds. The Kier molecular flexibility index (Phi) is 1.81. The van der Waals surface area contributed by atoms with Crippen LogP contribution < -0.4 is 5.73 Å². The van der Waals surface area contributed by atoms with E-state index in [1.807, 2.05) is 24.3 Å². The summed E-state index contributed by atoms with van der Waals surface area (Å²) in [5.41, 5.74) is 7.76. The molecule has 0 atom stereocenters. The van der Waals surface area contributed by atoms with Gasteiger partial charge in [-0.3, -0.25) is 18.9 Å². The van der Waals surface area contributed by atoms with Crippen LogP contribution in [0.25, 0.3) is 16.8 Å². The van der Waals surface area contributed by atoms with Crippen LogP contribution in [-0.4, -0.2) is 38.1 Å². The van der Waals surface area contributed by atoms with Crippen molar-refractivity contribution in [1.82, 2.24) is 19.3 Å². The second-order valence-electron chi connectivity index (χ2n) is 4.63. The Bertz CT molecular complexity index is 927. The average molecular weight is 267 g/mol. The Morgan fingerprint density at radius 3 is 2.65 bits per heavy atom. The van der Waals surface area contributed by atoms with Crippen LogP contribution in [0.5, 0.6) is 0 Å². The summed E-state index contributed by atoms with van der Waals surface area (Å²) in [6.45, 7) is 0. The van der Waals surface area contributed by atoms with Crippen molar-refractivity contribution in [2.24, 2.45) is 0 Å². The third kappa shape index (κ3) is 1.09. The number of hydrogen-bond acceptors (Lipinski definition) is 5. The van der Waals surface area contributed by atoms with Gasteiger partial charge in [0.25, 0.3) is 11.8 Å². The molecule has 3 aromatic rings. The zero-order valence-electron chi connectivity index (χ0n) is 10.5. The van der Waals surface area contributed by atoms with Gasteiger partial charge in [-0.25, -0.2) is 9.97 Å². The molecule has 4 rings (SSSR count). The Morgan fingerprint density at radius 2 is 1.85 bits per heavy atom. The van der Waals surface area contributed by atoms with Crippen LogP contribution in [0.4, 0.5) is 5.82 Å². The van der Waals surface area contributed by atoms with Crippen molar-refractivity contribution in [3.63, 3.8) is 0 Å². The first-order chi connectivity index (χ1) is 9.59. The molecule has 98 valence electrons. The van der Waals surface area contributed by atoms with Crippen molar-refractivity contribution in [2.45, 2.75) is 0 Å². The standard InChI is InChI=1S/C13H9N5O2/c1-17-11(19)8-9(12(17)20)16-13-15-6-4-2-3-5-7(6)18(13)10(8)14/h2-5H,14H2,1H3. The number of benzene rings is 1. The molecule has 7 nitrogen and oxygen atoms in total. The van der Waals surface area contributed by atoms with E-state index < -0.39 is 11.8 Å². The fourth-order valence-electron chi connectivity index (χ4n) is 2.50. The van der Waals surface area contributed by atoms with Crippen LogP contribution in [0.15, 0.2) is 24.3 Å². The van der Waals surface area contributed by atoms with Gasteiger partial charge in [0.2, 0.25) is 5.78 Å². The summed E-state index contributed by atoms with van der Waals surface area (Å²) in [5.74, 6) is -0.374. The first-order valence-electron chi connectivity index (χ1n) is 5.98. The molecule has 0 aliphatic carbocycles. The number of carbonyl (C=O) groups excluding carboxylic acids is 2. The Hall–Kier alpha value is -2.96. The van der Waals surface area contributed by atoms with E-state index in [9.17, 15) is 9.59 Å². The highest BCUT2D eigenvalue weighted by atomic mass is 16.2. The lowest BCUT2D eigenvalue weighted by Gasteiger charge is -2.05. The molecule has 0 unspecified atom stereocenters. The molecule has 7 heteroatoms. The lowest BCUT2D eigenvalue weighted by molar-refractivity contribution is 0.0691. The zero-order valence-corrected chi connectivity index (χ0v) is 10.5. The Morgan fingerprint density at radius 1 is 1.10 bits per heavy atom. The number of para-hydroxylation sites is 2. The minimum Gasteiger partial charge on any atom is -0.384 e. The van der Waals surface area contributed by atoms with Crippen LogP contribution in [0.1, 0.15) is 20.8 Å². The van der Waals surface area contributed by atoms with Crippen LogP contribution >= 0.6 is 0 Å². The van der Waals surface area contributed by atoms with E-state index in [1.165, 1.54) is 7.05 Å². The van der Waals surface area contributed by atoms with Crippen molar-refractivity contribution in [3.05, 3.63) is 35.5 Å². The number of nitrogens with two attached hydrogens (primary N) is 1. The number of amides is 2. The molecule has 0 bridgehead atoms. The first-order valence-corrected chi connectivity index (χ1v) is 5.98. The number of rotatable bonds is 0. The van der Waals surface area contributed by atoms with Crippen LogP contribution in [0, 0.1) is 0 Å². The average Bonchev–Trinajstić information content (AvgIpc) is 2.92. The maximum Gasteiger partial charge on any atom is 0.280 e. The second kappa shape index (κ2) is 3.32. The largest absolute Gasteiger partial charge is 0.384 e. The summed E-state index contributed by atoms with van der Waals surface area (Å²) in [5, 5.41) is 0. The topological polar surface area (TPSA) is 93.6 Å². The first kappa shape index (κ1) is 10.9. The number of imidazole rings is 1. The van der Waals surface area contributed by atoms with E-state index in [0.29, 0.717) is 11.3 Å². The third-order valence-corrected chi connectivity index (χ3v) is 3.51. The maximum absolute atomic E-state index is 12.1. The van der Waals surface area contributed by atoms with Gasteiger partial charge in [0, 0.05) is 7.05 Å². The summed E-state index contributed by atoms with van der Waals surface area (Å²) in [7, 11) is 1.41. The molecule has 0 saturated carbocycles. The number of imide groups is 1. The third-order valence-electron chi connectivity index (χ3n) is 3.51. The van der Waals surface area contributed by atoms with Gasteiger partial charge in [0.15, 0.2) is 0 Å². The van der Waals surface area contributed by atoms with Crippen molar-refractivity contribution in [1.29, 1.82) is 0 Å². The van der Waals surface area contributed by atoms with Crippen LogP contribution in [0.2, 0.25) is 0 Å². The number of fused-ring (bicyclic) bond motifs is 4. The molecule has 0 saturated heterocycles. The molecule has 1 aromatic carbocycles. The fraction of sp³-hybridized carbons (Fsp3) is 0.0769. The van der Waals surface area contributed by atoms with E-state index >= 15 is 0 Å². The maximum atomic E-state index is 12.1. The van der Waals surface area contributed by atoms with E-state index in [1.54, 1.807) is 4.40 Å². The predicted molar refractivity (Wildman–Crippen MR) is 71.3 cm³/mol. The van der Waals surface area contributed by atoms with Crippen LogP contribution in [0.3, 0.4) is 0 Å². The molecule has 20 heavy (non-hydrogen) atoms. The molecule has 2 aromatic heterocycles. The number of anilines is 1. The van der Waals surface area contributed by atoms with Gasteiger partial charge in [-0.2, -0.15) is 0 Å². The molecular weight excluding hydrogens is 258 g/mol. The fourth-order valence-corrected chi connectivity index (χ4v) is 2.50. The minimum atomic E-state index is -0.453. The number of aromatic nitrogens is 3. The summed E-state index contributed by atoms with van der Waals surface area (Å²) in [6, 6.07) is 7.36. The zero-order chi connectivity index (χ0) is 14.0. The smallest absolute Gasteiger partial charge is 0.280 e. The molecule has 0 fully saturated rings. The van der Waals surface area contributed by atoms with E-state index in [0.717, 1.165) is 10.4 Å². The van der Waals surface area contributed by atoms with Gasteiger partial charge < -0.3 is 5.73 Å². The lowest BCUT2D eigenvalue weighted by Crippen LogP contribution is -2.24. The van der Waals surface area contributed by atoms with Crippen LogP contribution in [-0.2, 0) is 0 Å². The normalized spacial score (nSPS) is 14.6. The number of nitrogens with zero attached hydrogens (tertiary/aromatic N) is 4. The lowest BCUT2D eigenvalue weighted by atomic mass is 10.2. The Balaban J connectivity index is 2.22. The molecule has 0 radical (unpaired) electrons. The van der Waals surface area contributed by atoms with E-state index in [2.05, 4.69) is 9.97 Å². The second-order valence-corrected chi connectivity index (χ2v) is 4.63. The highest BCUT2D eigenvalue weighted by Crippen LogP contribution is 2.28. The number of carbonyl (C=O) groups is 2. The van der Waals surface area contributed by atoms with Crippen molar-refractivity contribution in [3.8, 4) is 0 Å². The minimum absolute atomic E-state index is 0.0674. The molecule has 1 aliphatic heterocycles. The summed E-state index contributed by atoms with van der Waals surface area (Å²) < 4.78 is 1.60.